The molecule has 0 saturated heterocycles. The lowest BCUT2D eigenvalue weighted by Gasteiger charge is -2.00. The Kier molecular flexibility index (Phi) is 2.78. The van der Waals surface area contributed by atoms with Crippen LogP contribution in [0.15, 0.2) is 21.2 Å². The van der Waals surface area contributed by atoms with Crippen molar-refractivity contribution in [3.63, 3.8) is 0 Å². The van der Waals surface area contributed by atoms with Gasteiger partial charge in [0.1, 0.15) is 5.69 Å². The summed E-state index contributed by atoms with van der Waals surface area (Å²) in [6, 6.07) is 3.36. The number of aryl methyl sites for hydroxylation is 1. The van der Waals surface area contributed by atoms with E-state index < -0.39 is 5.97 Å². The van der Waals surface area contributed by atoms with Gasteiger partial charge >= 0.3 is 5.97 Å². The quantitative estimate of drug-likeness (QED) is 0.933. The maximum atomic E-state index is 11.0. The molecule has 0 atom stereocenters. The van der Waals surface area contributed by atoms with E-state index in [1.807, 2.05) is 6.92 Å². The van der Waals surface area contributed by atoms with Crippen molar-refractivity contribution in [2.75, 3.05) is 0 Å². The number of carboxylic acid groups (broad SMARTS) is 1. The highest BCUT2D eigenvalue weighted by Crippen LogP contribution is 2.26. The summed E-state index contributed by atoms with van der Waals surface area (Å²) < 4.78 is 7.32. The second kappa shape index (κ2) is 4.09. The number of aromatic nitrogens is 3. The Morgan fingerprint density at radius 3 is 2.88 bits per heavy atom. The zero-order valence-corrected chi connectivity index (χ0v) is 9.93. The Hall–Kier alpha value is -1.63. The number of hydrogen-bond donors (Lipinski definition) is 1. The molecule has 0 amide bonds. The summed E-state index contributed by atoms with van der Waals surface area (Å²) in [7, 11) is 0. The van der Waals surface area contributed by atoms with Crippen LogP contribution >= 0.6 is 15.9 Å². The first-order chi connectivity index (χ1) is 7.63. The fourth-order valence-electron chi connectivity index (χ4n) is 1.36. The molecule has 1 N–H and O–H groups in total. The fraction of sp³-hybridized carbons (Fsp3) is 0.222. The molecule has 0 fully saturated rings. The van der Waals surface area contributed by atoms with Gasteiger partial charge in [-0.1, -0.05) is 5.21 Å². The zero-order valence-electron chi connectivity index (χ0n) is 8.35. The second-order valence-corrected chi connectivity index (χ2v) is 3.79. The number of furan rings is 1. The molecule has 0 radical (unpaired) electrons. The molecule has 7 heteroatoms. The Balaban J connectivity index is 2.60. The lowest BCUT2D eigenvalue weighted by Crippen LogP contribution is -2.02. The van der Waals surface area contributed by atoms with Crippen LogP contribution in [0, 0.1) is 0 Å². The Morgan fingerprint density at radius 2 is 2.38 bits per heavy atom. The van der Waals surface area contributed by atoms with E-state index in [0.29, 0.717) is 22.7 Å². The van der Waals surface area contributed by atoms with Crippen molar-refractivity contribution in [2.45, 2.75) is 13.5 Å². The van der Waals surface area contributed by atoms with Crippen molar-refractivity contribution in [1.82, 2.24) is 15.0 Å². The topological polar surface area (TPSA) is 81.2 Å². The van der Waals surface area contributed by atoms with Gasteiger partial charge in [0.2, 0.25) is 5.69 Å². The van der Waals surface area contributed by atoms with E-state index in [4.69, 9.17) is 9.52 Å². The number of hydrogen-bond acceptors (Lipinski definition) is 4. The van der Waals surface area contributed by atoms with Gasteiger partial charge in [-0.2, -0.15) is 0 Å². The molecule has 0 aliphatic carbocycles. The van der Waals surface area contributed by atoms with Crippen LogP contribution in [0.5, 0.6) is 0 Å². The average molecular weight is 286 g/mol. The first kappa shape index (κ1) is 10.9. The summed E-state index contributed by atoms with van der Waals surface area (Å²) in [6.45, 7) is 2.37. The minimum absolute atomic E-state index is 0.108. The van der Waals surface area contributed by atoms with Crippen LogP contribution in [0.2, 0.25) is 0 Å². The van der Waals surface area contributed by atoms with Crippen LogP contribution in [0.4, 0.5) is 0 Å². The predicted molar refractivity (Wildman–Crippen MR) is 58.1 cm³/mol. The maximum Gasteiger partial charge on any atom is 0.358 e. The van der Waals surface area contributed by atoms with Gasteiger partial charge in [-0.15, -0.1) is 5.10 Å². The third kappa shape index (κ3) is 1.73. The lowest BCUT2D eigenvalue weighted by molar-refractivity contribution is 0.0691. The van der Waals surface area contributed by atoms with Crippen molar-refractivity contribution < 1.29 is 14.3 Å². The normalized spacial score (nSPS) is 10.6. The number of halogens is 1. The molecule has 6 nitrogen and oxygen atoms in total. The van der Waals surface area contributed by atoms with Gasteiger partial charge in [0, 0.05) is 6.54 Å². The monoisotopic (exact) mass is 285 g/mol. The highest BCUT2D eigenvalue weighted by molar-refractivity contribution is 9.10. The third-order valence-electron chi connectivity index (χ3n) is 2.04. The van der Waals surface area contributed by atoms with Crippen LogP contribution < -0.4 is 0 Å². The molecule has 84 valence electrons. The van der Waals surface area contributed by atoms with Crippen LogP contribution in [0.3, 0.4) is 0 Å². The summed E-state index contributed by atoms with van der Waals surface area (Å²) in [6.07, 6.45) is 0. The van der Waals surface area contributed by atoms with E-state index >= 15 is 0 Å². The van der Waals surface area contributed by atoms with Gasteiger partial charge in [0.25, 0.3) is 0 Å². The average Bonchev–Trinajstić information content (AvgIpc) is 2.82. The molecular weight excluding hydrogens is 278 g/mol. The molecule has 16 heavy (non-hydrogen) atoms. The van der Waals surface area contributed by atoms with Gasteiger partial charge in [-0.3, -0.25) is 0 Å². The molecule has 0 aliphatic heterocycles. The van der Waals surface area contributed by atoms with Crippen molar-refractivity contribution >= 4 is 21.9 Å². The number of aromatic carboxylic acids is 1. The third-order valence-corrected chi connectivity index (χ3v) is 2.47. The molecule has 0 bridgehead atoms. The summed E-state index contributed by atoms with van der Waals surface area (Å²) in [5.41, 5.74) is 0.268. The summed E-state index contributed by atoms with van der Waals surface area (Å²) >= 11 is 3.16. The fourth-order valence-corrected chi connectivity index (χ4v) is 1.67. The maximum absolute atomic E-state index is 11.0. The van der Waals surface area contributed by atoms with Gasteiger partial charge in [0.15, 0.2) is 10.4 Å². The molecule has 0 unspecified atom stereocenters. The molecule has 0 aromatic carbocycles. The standard InChI is InChI=1S/C9H8BrN3O3/c1-2-13-8(5-3-4-6(10)16-5)7(9(14)15)11-12-13/h3-4H,2H2,1H3,(H,14,15). The number of rotatable bonds is 3. The Labute approximate surface area is 99.0 Å². The highest BCUT2D eigenvalue weighted by atomic mass is 79.9. The van der Waals surface area contributed by atoms with Crippen LogP contribution in [0.25, 0.3) is 11.5 Å². The van der Waals surface area contributed by atoms with Gasteiger partial charge < -0.3 is 9.52 Å². The molecule has 0 spiro atoms. The molecule has 2 heterocycles. The smallest absolute Gasteiger partial charge is 0.358 e. The molecule has 2 rings (SSSR count). The lowest BCUT2D eigenvalue weighted by atomic mass is 10.2. The highest BCUT2D eigenvalue weighted by Gasteiger charge is 2.22. The van der Waals surface area contributed by atoms with Gasteiger partial charge in [0.05, 0.1) is 0 Å². The van der Waals surface area contributed by atoms with E-state index in [9.17, 15) is 4.79 Å². The number of nitrogens with zero attached hydrogens (tertiary/aromatic N) is 3. The summed E-state index contributed by atoms with van der Waals surface area (Å²) in [4.78, 5) is 11.0. The SMILES string of the molecule is CCn1nnc(C(=O)O)c1-c1ccc(Br)o1. The van der Waals surface area contributed by atoms with Crippen LogP contribution in [-0.4, -0.2) is 26.1 Å². The van der Waals surface area contributed by atoms with Crippen molar-refractivity contribution in [3.8, 4) is 11.5 Å². The first-order valence-electron chi connectivity index (χ1n) is 4.56. The predicted octanol–water partition coefficient (Wildman–Crippen LogP) is 2.02. The van der Waals surface area contributed by atoms with E-state index in [2.05, 4.69) is 26.2 Å². The Bertz CT molecular complexity index is 532. The first-order valence-corrected chi connectivity index (χ1v) is 5.35. The van der Waals surface area contributed by atoms with Crippen molar-refractivity contribution in [1.29, 1.82) is 0 Å². The van der Waals surface area contributed by atoms with E-state index in [0.717, 1.165) is 0 Å². The van der Waals surface area contributed by atoms with Crippen LogP contribution in [-0.2, 0) is 6.54 Å². The number of carboxylic acids is 1. The van der Waals surface area contributed by atoms with Gasteiger partial charge in [-0.05, 0) is 35.0 Å². The molecular formula is C9H8BrN3O3. The van der Waals surface area contributed by atoms with Gasteiger partial charge in [-0.25, -0.2) is 9.48 Å². The Morgan fingerprint density at radius 1 is 1.62 bits per heavy atom. The molecule has 0 saturated carbocycles. The largest absolute Gasteiger partial charge is 0.476 e. The summed E-state index contributed by atoms with van der Waals surface area (Å²) in [5, 5.41) is 16.3. The zero-order chi connectivity index (χ0) is 11.7. The van der Waals surface area contributed by atoms with E-state index in [-0.39, 0.29) is 5.69 Å². The van der Waals surface area contributed by atoms with Crippen LogP contribution in [0.1, 0.15) is 17.4 Å². The number of carbonyl (C=O) groups is 1. The van der Waals surface area contributed by atoms with Crippen molar-refractivity contribution in [3.05, 3.63) is 22.5 Å². The molecule has 0 aliphatic rings. The minimum Gasteiger partial charge on any atom is -0.476 e. The summed E-state index contributed by atoms with van der Waals surface area (Å²) in [5.74, 6) is -0.696. The minimum atomic E-state index is -1.12. The van der Waals surface area contributed by atoms with Crippen molar-refractivity contribution in [2.24, 2.45) is 0 Å². The second-order valence-electron chi connectivity index (χ2n) is 3.01. The van der Waals surface area contributed by atoms with E-state index in [1.54, 1.807) is 12.1 Å². The van der Waals surface area contributed by atoms with E-state index in [1.165, 1.54) is 4.68 Å². The molecule has 2 aromatic heterocycles. The molecule has 2 aromatic rings.